The number of benzene rings is 3. The molecule has 0 amide bonds. The average Bonchev–Trinajstić information content (AvgIpc) is 3.26. The van der Waals surface area contributed by atoms with Crippen molar-refractivity contribution in [1.82, 2.24) is 19.5 Å². The summed E-state index contributed by atoms with van der Waals surface area (Å²) >= 11 is 0. The second kappa shape index (κ2) is 9.90. The highest BCUT2D eigenvalue weighted by Crippen LogP contribution is 2.35. The molecule has 2 heterocycles. The molecule has 5 aromatic rings. The number of nitrogens with one attached hydrogen (secondary N) is 1. The molecule has 5 rings (SSSR count). The molecule has 3 aromatic carbocycles. The number of fused-ring (bicyclic) bond motifs is 1. The molecule has 0 aliphatic carbocycles. The lowest BCUT2D eigenvalue weighted by Gasteiger charge is -2.15. The van der Waals surface area contributed by atoms with Gasteiger partial charge in [0.1, 0.15) is 11.5 Å². The summed E-state index contributed by atoms with van der Waals surface area (Å²) in [6.07, 6.45) is -1.42. The third-order valence-corrected chi connectivity index (χ3v) is 7.43. The molecule has 11 heteroatoms. The van der Waals surface area contributed by atoms with Crippen molar-refractivity contribution in [2.24, 2.45) is 0 Å². The molecule has 0 aliphatic heterocycles. The summed E-state index contributed by atoms with van der Waals surface area (Å²) < 4.78 is 70.6. The lowest BCUT2D eigenvalue weighted by Crippen LogP contribution is -2.20. The fourth-order valence-corrected chi connectivity index (χ4v) is 5.51. The molecule has 7 nitrogen and oxygen atoms in total. The number of para-hydroxylation sites is 2. The standard InChI is InChI=1S/C27H22F3N5O2S/c1-2-24-33-21-8-4-5-9-22(21)35(24)17-18-11-13-19(14-12-18)25-26(32-16-15-31-25)34-38(36,37)23-10-6-3-7-20(23)27(28,29)30/h3-16H,2,17H2,1H3,(H,32,34). The van der Waals surface area contributed by atoms with Crippen molar-refractivity contribution < 1.29 is 21.6 Å². The summed E-state index contributed by atoms with van der Waals surface area (Å²) in [5.74, 6) is 0.783. The number of sulfonamides is 1. The minimum absolute atomic E-state index is 0.175. The highest BCUT2D eigenvalue weighted by atomic mass is 32.2. The number of anilines is 1. The van der Waals surface area contributed by atoms with Gasteiger partial charge in [-0.15, -0.1) is 0 Å². The van der Waals surface area contributed by atoms with Gasteiger partial charge in [-0.25, -0.2) is 18.4 Å². The van der Waals surface area contributed by atoms with Crippen molar-refractivity contribution in [1.29, 1.82) is 0 Å². The quantitative estimate of drug-likeness (QED) is 0.278. The van der Waals surface area contributed by atoms with Gasteiger partial charge in [0.25, 0.3) is 10.0 Å². The van der Waals surface area contributed by atoms with Gasteiger partial charge in [-0.1, -0.05) is 55.5 Å². The summed E-state index contributed by atoms with van der Waals surface area (Å²) in [5.41, 5.74) is 2.41. The molecule has 1 N–H and O–H groups in total. The highest BCUT2D eigenvalue weighted by molar-refractivity contribution is 7.92. The number of hydrogen-bond acceptors (Lipinski definition) is 5. The smallest absolute Gasteiger partial charge is 0.323 e. The molecule has 0 spiro atoms. The Bertz CT molecular complexity index is 1720. The first-order chi connectivity index (χ1) is 18.2. The summed E-state index contributed by atoms with van der Waals surface area (Å²) in [5, 5.41) is 0. The van der Waals surface area contributed by atoms with E-state index in [9.17, 15) is 21.6 Å². The van der Waals surface area contributed by atoms with Crippen molar-refractivity contribution in [3.05, 3.63) is 102 Å². The van der Waals surface area contributed by atoms with E-state index in [0.717, 1.165) is 47.0 Å². The van der Waals surface area contributed by atoms with E-state index in [2.05, 4.69) is 19.3 Å². The van der Waals surface area contributed by atoms with E-state index in [0.29, 0.717) is 12.1 Å². The maximum atomic E-state index is 13.4. The van der Waals surface area contributed by atoms with Crippen molar-refractivity contribution in [3.8, 4) is 11.3 Å². The first kappa shape index (κ1) is 25.4. The summed E-state index contributed by atoms with van der Waals surface area (Å²) in [6.45, 7) is 2.63. The number of nitrogens with zero attached hydrogens (tertiary/aromatic N) is 4. The Labute approximate surface area is 217 Å². The zero-order chi connectivity index (χ0) is 26.9. The molecule has 0 bridgehead atoms. The number of halogens is 3. The molecule has 38 heavy (non-hydrogen) atoms. The first-order valence-corrected chi connectivity index (χ1v) is 13.2. The van der Waals surface area contributed by atoms with Gasteiger partial charge in [-0.05, 0) is 29.8 Å². The highest BCUT2D eigenvalue weighted by Gasteiger charge is 2.37. The largest absolute Gasteiger partial charge is 0.417 e. The van der Waals surface area contributed by atoms with Crippen molar-refractivity contribution >= 4 is 26.9 Å². The van der Waals surface area contributed by atoms with Crippen LogP contribution in [-0.4, -0.2) is 27.9 Å². The van der Waals surface area contributed by atoms with E-state index >= 15 is 0 Å². The Kier molecular flexibility index (Phi) is 6.62. The molecule has 194 valence electrons. The lowest BCUT2D eigenvalue weighted by atomic mass is 10.1. The monoisotopic (exact) mass is 537 g/mol. The summed E-state index contributed by atoms with van der Waals surface area (Å²) in [4.78, 5) is 12.1. The number of alkyl halides is 3. The van der Waals surface area contributed by atoms with Crippen molar-refractivity contribution in [2.45, 2.75) is 31.0 Å². The van der Waals surface area contributed by atoms with Gasteiger partial charge >= 0.3 is 6.18 Å². The van der Waals surface area contributed by atoms with E-state index in [1.54, 1.807) is 12.1 Å². The van der Waals surface area contributed by atoms with Crippen molar-refractivity contribution in [2.75, 3.05) is 4.72 Å². The second-order valence-electron chi connectivity index (χ2n) is 8.51. The number of aryl methyl sites for hydroxylation is 1. The van der Waals surface area contributed by atoms with Crippen LogP contribution in [0, 0.1) is 0 Å². The van der Waals surface area contributed by atoms with Crippen LogP contribution in [0.4, 0.5) is 19.0 Å². The van der Waals surface area contributed by atoms with E-state index in [1.807, 2.05) is 43.3 Å². The van der Waals surface area contributed by atoms with Crippen LogP contribution >= 0.6 is 0 Å². The number of aromatic nitrogens is 4. The van der Waals surface area contributed by atoms with Gasteiger partial charge in [0, 0.05) is 30.9 Å². The molecule has 0 radical (unpaired) electrons. The Morgan fingerprint density at radius 1 is 0.895 bits per heavy atom. The zero-order valence-electron chi connectivity index (χ0n) is 20.1. The number of imidazole rings is 1. The minimum atomic E-state index is -4.84. The molecule has 0 saturated heterocycles. The third kappa shape index (κ3) is 4.97. The van der Waals surface area contributed by atoms with E-state index in [1.165, 1.54) is 18.5 Å². The van der Waals surface area contributed by atoms with Crippen LogP contribution < -0.4 is 4.72 Å². The van der Waals surface area contributed by atoms with Gasteiger partial charge in [0.15, 0.2) is 5.82 Å². The lowest BCUT2D eigenvalue weighted by molar-refractivity contribution is -0.139. The maximum absolute atomic E-state index is 13.4. The molecule has 0 fully saturated rings. The minimum Gasteiger partial charge on any atom is -0.323 e. The molecular weight excluding hydrogens is 515 g/mol. The summed E-state index contributed by atoms with van der Waals surface area (Å²) in [7, 11) is -4.61. The topological polar surface area (TPSA) is 89.8 Å². The van der Waals surface area contributed by atoms with E-state index < -0.39 is 26.7 Å². The maximum Gasteiger partial charge on any atom is 0.417 e. The predicted molar refractivity (Wildman–Crippen MR) is 138 cm³/mol. The fraction of sp³-hybridized carbons (Fsp3) is 0.148. The Morgan fingerprint density at radius 3 is 2.32 bits per heavy atom. The van der Waals surface area contributed by atoms with Gasteiger partial charge in [-0.2, -0.15) is 13.2 Å². The van der Waals surface area contributed by atoms with Gasteiger partial charge in [-0.3, -0.25) is 9.71 Å². The zero-order valence-corrected chi connectivity index (χ0v) is 21.0. The van der Waals surface area contributed by atoms with Crippen LogP contribution in [0.3, 0.4) is 0 Å². The second-order valence-corrected chi connectivity index (χ2v) is 10.2. The van der Waals surface area contributed by atoms with Gasteiger partial charge in [0.05, 0.1) is 21.5 Å². The van der Waals surface area contributed by atoms with Gasteiger partial charge in [0.2, 0.25) is 0 Å². The van der Waals surface area contributed by atoms with Crippen LogP contribution in [0.25, 0.3) is 22.3 Å². The third-order valence-electron chi connectivity index (χ3n) is 6.03. The molecule has 2 aromatic heterocycles. The molecule has 0 atom stereocenters. The van der Waals surface area contributed by atoms with Crippen LogP contribution in [0.2, 0.25) is 0 Å². The summed E-state index contributed by atoms with van der Waals surface area (Å²) in [6, 6.07) is 19.2. The number of rotatable bonds is 7. The van der Waals surface area contributed by atoms with Crippen molar-refractivity contribution in [3.63, 3.8) is 0 Å². The fourth-order valence-electron chi connectivity index (χ4n) is 4.26. The normalized spacial score (nSPS) is 12.1. The Balaban J connectivity index is 1.45. The average molecular weight is 538 g/mol. The van der Waals surface area contributed by atoms with Crippen LogP contribution in [-0.2, 0) is 29.2 Å². The SMILES string of the molecule is CCc1nc2ccccc2n1Cc1ccc(-c2nccnc2NS(=O)(=O)c2ccccc2C(F)(F)F)cc1. The molecule has 0 saturated carbocycles. The van der Waals surface area contributed by atoms with Crippen LogP contribution in [0.15, 0.2) is 90.1 Å². The Hall–Kier alpha value is -4.25. The molecule has 0 unspecified atom stereocenters. The predicted octanol–water partition coefficient (Wildman–Crippen LogP) is 5.92. The number of hydrogen-bond donors (Lipinski definition) is 1. The van der Waals surface area contributed by atoms with E-state index in [-0.39, 0.29) is 11.5 Å². The Morgan fingerprint density at radius 2 is 1.58 bits per heavy atom. The first-order valence-electron chi connectivity index (χ1n) is 11.7. The molecule has 0 aliphatic rings. The molecular formula is C27H22F3N5O2S. The van der Waals surface area contributed by atoms with Gasteiger partial charge < -0.3 is 4.57 Å². The van der Waals surface area contributed by atoms with Crippen LogP contribution in [0.1, 0.15) is 23.9 Å². The van der Waals surface area contributed by atoms with E-state index in [4.69, 9.17) is 4.98 Å². The van der Waals surface area contributed by atoms with Crippen LogP contribution in [0.5, 0.6) is 0 Å².